The van der Waals surface area contributed by atoms with Gasteiger partial charge in [-0.3, -0.25) is 19.9 Å². The number of carbonyl (C=O) groups excluding carboxylic acids is 2. The number of hydrogen-bond acceptors (Lipinski definition) is 6. The van der Waals surface area contributed by atoms with Gasteiger partial charge < -0.3 is 5.11 Å². The summed E-state index contributed by atoms with van der Waals surface area (Å²) in [6.07, 6.45) is 3.11. The van der Waals surface area contributed by atoms with E-state index in [1.54, 1.807) is 6.08 Å². The number of aliphatic hydroxyl groups is 1. The van der Waals surface area contributed by atoms with Gasteiger partial charge in [-0.25, -0.2) is 13.2 Å². The first-order valence-corrected chi connectivity index (χ1v) is 14.1. The largest absolute Gasteiger partial charge is 0.393 e. The number of allylic oxidation sites excluding steroid dienone is 4. The molecule has 5 rings (SSSR count). The number of ketones is 1. The van der Waals surface area contributed by atoms with E-state index in [1.165, 1.54) is 36.4 Å². The van der Waals surface area contributed by atoms with Gasteiger partial charge in [0.1, 0.15) is 18.0 Å². The molecule has 9 atom stereocenters. The summed E-state index contributed by atoms with van der Waals surface area (Å²) in [4.78, 5) is 25.5. The molecule has 9 unspecified atom stereocenters. The van der Waals surface area contributed by atoms with Gasteiger partial charge in [0.25, 0.3) is 0 Å². The van der Waals surface area contributed by atoms with Crippen molar-refractivity contribution in [2.24, 2.45) is 39.9 Å². The van der Waals surface area contributed by atoms with Crippen molar-refractivity contribution in [2.75, 3.05) is 17.6 Å². The van der Waals surface area contributed by atoms with Gasteiger partial charge in [0, 0.05) is 23.8 Å². The number of fused-ring (bicyclic) bond motifs is 5. The van der Waals surface area contributed by atoms with E-state index >= 15 is 4.39 Å². The Morgan fingerprint density at radius 1 is 1.16 bits per heavy atom. The van der Waals surface area contributed by atoms with Gasteiger partial charge in [0.2, 0.25) is 0 Å². The van der Waals surface area contributed by atoms with E-state index in [-0.39, 0.29) is 42.1 Å². The lowest BCUT2D eigenvalue weighted by atomic mass is 9.41. The quantitative estimate of drug-likeness (QED) is 0.461. The number of hydroxylamine groups is 1. The third-order valence-corrected chi connectivity index (χ3v) is 11.1. The van der Waals surface area contributed by atoms with Gasteiger partial charge in [0.15, 0.2) is 10.9 Å². The number of halogens is 3. The number of nitrogens with zero attached hydrogens (tertiary/aromatic N) is 1. The maximum atomic E-state index is 15.8. The lowest BCUT2D eigenvalue weighted by Crippen LogP contribution is -2.62. The highest BCUT2D eigenvalue weighted by Gasteiger charge is 2.71. The van der Waals surface area contributed by atoms with Crippen molar-refractivity contribution in [3.63, 3.8) is 0 Å². The maximum Gasteiger partial charge on any atom is 0.195 e. The molecule has 9 heteroatoms. The van der Waals surface area contributed by atoms with E-state index in [1.807, 2.05) is 20.8 Å². The molecule has 4 aliphatic rings. The molecule has 0 heterocycles. The lowest BCUT2D eigenvalue weighted by Gasteiger charge is -2.63. The molecule has 38 heavy (non-hydrogen) atoms. The van der Waals surface area contributed by atoms with Crippen LogP contribution in [0.1, 0.15) is 40.0 Å². The zero-order valence-electron chi connectivity index (χ0n) is 21.7. The fourth-order valence-electron chi connectivity index (χ4n) is 8.65. The van der Waals surface area contributed by atoms with Crippen LogP contribution in [-0.4, -0.2) is 46.0 Å². The number of rotatable bonds is 5. The molecule has 0 aromatic heterocycles. The summed E-state index contributed by atoms with van der Waals surface area (Å²) < 4.78 is 42.6. The fourth-order valence-corrected chi connectivity index (χ4v) is 9.39. The zero-order valence-corrected chi connectivity index (χ0v) is 22.6. The molecule has 0 spiro atoms. The summed E-state index contributed by atoms with van der Waals surface area (Å²) in [7, 11) is 0. The third kappa shape index (κ3) is 3.99. The van der Waals surface area contributed by atoms with Crippen LogP contribution >= 0.6 is 11.8 Å². The second-order valence-electron chi connectivity index (χ2n) is 12.1. The Labute approximate surface area is 225 Å². The maximum absolute atomic E-state index is 15.8. The van der Waals surface area contributed by atoms with Crippen molar-refractivity contribution in [1.82, 2.24) is 0 Å². The summed E-state index contributed by atoms with van der Waals surface area (Å²) in [6, 6.07) is 4.45. The van der Waals surface area contributed by atoms with Gasteiger partial charge in [-0.1, -0.05) is 38.6 Å². The van der Waals surface area contributed by atoms with Crippen molar-refractivity contribution in [3.05, 3.63) is 53.9 Å². The topological polar surface area (TPSA) is 77.8 Å². The van der Waals surface area contributed by atoms with Crippen LogP contribution in [0, 0.1) is 45.7 Å². The van der Waals surface area contributed by atoms with Gasteiger partial charge >= 0.3 is 0 Å². The number of alkyl halides is 2. The Morgan fingerprint density at radius 2 is 1.84 bits per heavy atom. The monoisotopic (exact) mass is 549 g/mol. The van der Waals surface area contributed by atoms with Gasteiger partial charge in [-0.05, 0) is 83.9 Å². The highest BCUT2D eigenvalue weighted by atomic mass is 32.2. The molecule has 3 fully saturated rings. The summed E-state index contributed by atoms with van der Waals surface area (Å²) in [5, 5.41) is 23.2. The summed E-state index contributed by atoms with van der Waals surface area (Å²) in [5.41, 5.74) is -1.49. The Balaban J connectivity index is 1.55. The van der Waals surface area contributed by atoms with E-state index in [0.29, 0.717) is 29.4 Å². The van der Waals surface area contributed by atoms with Crippen LogP contribution in [-0.2, 0) is 9.59 Å². The molecule has 0 saturated heterocycles. The molecule has 0 radical (unpaired) electrons. The minimum Gasteiger partial charge on any atom is -0.393 e. The normalized spacial score (nSPS) is 41.7. The number of thioether (sulfide) groups is 1. The Kier molecular flexibility index (Phi) is 6.88. The average Bonchev–Trinajstić information content (AvgIpc) is 3.07. The molecule has 5 nitrogen and oxygen atoms in total. The second-order valence-corrected chi connectivity index (χ2v) is 13.0. The van der Waals surface area contributed by atoms with E-state index < -0.39 is 52.2 Å². The second kappa shape index (κ2) is 9.52. The van der Waals surface area contributed by atoms with Crippen molar-refractivity contribution in [1.29, 1.82) is 0 Å². The average molecular weight is 550 g/mol. The lowest BCUT2D eigenvalue weighted by molar-refractivity contribution is -0.169. The van der Waals surface area contributed by atoms with E-state index in [0.717, 1.165) is 5.06 Å². The summed E-state index contributed by atoms with van der Waals surface area (Å²) >= 11 is 0.590. The fraction of sp³-hybridized carbons (Fsp3) is 0.586. The van der Waals surface area contributed by atoms with Gasteiger partial charge in [-0.15, -0.1) is 0 Å². The van der Waals surface area contributed by atoms with Crippen LogP contribution in [0.15, 0.2) is 48.1 Å². The predicted octanol–water partition coefficient (Wildman–Crippen LogP) is 5.67. The number of anilines is 1. The van der Waals surface area contributed by atoms with E-state index in [4.69, 9.17) is 0 Å². The molecule has 0 aliphatic heterocycles. The predicted molar refractivity (Wildman–Crippen MR) is 139 cm³/mol. The number of carbonyl (C=O) groups is 2. The van der Waals surface area contributed by atoms with Crippen LogP contribution in [0.5, 0.6) is 0 Å². The molecule has 0 amide bonds. The highest BCUT2D eigenvalue weighted by Crippen LogP contribution is 2.73. The van der Waals surface area contributed by atoms with Crippen LogP contribution in [0.3, 0.4) is 0 Å². The first-order chi connectivity index (χ1) is 17.9. The van der Waals surface area contributed by atoms with Crippen LogP contribution in [0.4, 0.5) is 18.9 Å². The molecular weight excluding hydrogens is 515 g/mol. The standard InChI is InChI=1S/C29H34F3NO4S/c1-27-9-8-19(34)10-20(27)22(32)11-21-25(27)23(35)13-29(3)24(26(36)38-15-30)16(12-28(21,29)2)14-33(37)18-6-4-17(31)5-7-18/h4-10,16,21-25,35,37H,11-15H2,1-3H3. The van der Waals surface area contributed by atoms with Gasteiger partial charge in [0.05, 0.1) is 11.8 Å². The molecule has 4 aliphatic carbocycles. The van der Waals surface area contributed by atoms with E-state index in [2.05, 4.69) is 0 Å². The van der Waals surface area contributed by atoms with Crippen molar-refractivity contribution < 1.29 is 33.1 Å². The summed E-state index contributed by atoms with van der Waals surface area (Å²) in [5.74, 6) is -2.50. The molecule has 1 aromatic rings. The van der Waals surface area contributed by atoms with Crippen molar-refractivity contribution in [3.8, 4) is 0 Å². The molecule has 3 saturated carbocycles. The van der Waals surface area contributed by atoms with Crippen LogP contribution < -0.4 is 5.06 Å². The van der Waals surface area contributed by atoms with Gasteiger partial charge in [-0.2, -0.15) is 0 Å². The Hall–Kier alpha value is -2.10. The number of aliphatic hydroxyl groups excluding tert-OH is 1. The smallest absolute Gasteiger partial charge is 0.195 e. The minimum absolute atomic E-state index is 0.0451. The highest BCUT2D eigenvalue weighted by molar-refractivity contribution is 8.13. The molecule has 2 N–H and O–H groups in total. The Morgan fingerprint density at radius 3 is 2.50 bits per heavy atom. The minimum atomic E-state index is -1.37. The summed E-state index contributed by atoms with van der Waals surface area (Å²) in [6.45, 7) is 5.90. The SMILES string of the molecule is CC12C=CC(=O)C=C1C(F)CC1C2C(O)CC2(C)C(C(=O)SCF)C(CN(O)c3ccc(F)cc3)CC12C. The Bertz CT molecular complexity index is 1190. The number of benzene rings is 1. The van der Waals surface area contributed by atoms with Crippen LogP contribution in [0.2, 0.25) is 0 Å². The molecule has 1 aromatic carbocycles. The van der Waals surface area contributed by atoms with Crippen LogP contribution in [0.25, 0.3) is 0 Å². The first kappa shape index (κ1) is 27.5. The van der Waals surface area contributed by atoms with Crippen molar-refractivity contribution in [2.45, 2.75) is 52.3 Å². The third-order valence-electron chi connectivity index (χ3n) is 10.4. The zero-order chi connectivity index (χ0) is 27.6. The van der Waals surface area contributed by atoms with Crippen molar-refractivity contribution >= 4 is 28.3 Å². The first-order valence-electron chi connectivity index (χ1n) is 13.1. The molecule has 206 valence electrons. The molecular formula is C29H34F3NO4S. The van der Waals surface area contributed by atoms with E-state index in [9.17, 15) is 28.7 Å². The molecule has 0 bridgehead atoms. The number of hydrogen-bond donors (Lipinski definition) is 2.